The minimum Gasteiger partial charge on any atom is -0.397 e. The third-order valence-corrected chi connectivity index (χ3v) is 2.56. The zero-order valence-electron chi connectivity index (χ0n) is 8.86. The van der Waals surface area contributed by atoms with Gasteiger partial charge in [0, 0.05) is 12.7 Å². The van der Waals surface area contributed by atoms with Gasteiger partial charge in [0.05, 0.1) is 17.6 Å². The number of nitrogens with zero attached hydrogens (tertiary/aromatic N) is 1. The second-order valence-corrected chi connectivity index (χ2v) is 4.37. The molecule has 0 aliphatic heterocycles. The molecule has 0 aliphatic carbocycles. The molecule has 1 aromatic heterocycles. The Kier molecular flexibility index (Phi) is 4.37. The lowest BCUT2D eigenvalue weighted by atomic mass is 10.2. The number of carbonyl (C=O) groups is 1. The van der Waals surface area contributed by atoms with Crippen molar-refractivity contribution in [3.05, 3.63) is 29.6 Å². The van der Waals surface area contributed by atoms with Gasteiger partial charge in [0.25, 0.3) is 0 Å². The predicted octanol–water partition coefficient (Wildman–Crippen LogP) is 2.27. The van der Waals surface area contributed by atoms with Gasteiger partial charge < -0.3 is 5.73 Å². The monoisotopic (exact) mass is 222 g/mol. The van der Waals surface area contributed by atoms with E-state index in [4.69, 9.17) is 5.73 Å². The molecule has 3 nitrogen and oxygen atoms in total. The summed E-state index contributed by atoms with van der Waals surface area (Å²) in [6.45, 7) is 3.52. The van der Waals surface area contributed by atoms with Crippen molar-refractivity contribution in [2.75, 3.05) is 11.5 Å². The van der Waals surface area contributed by atoms with Crippen LogP contribution in [-0.4, -0.2) is 15.9 Å². The van der Waals surface area contributed by atoms with Crippen LogP contribution >= 0.6 is 11.8 Å². The Hall–Kier alpha value is -1.29. The number of aryl methyl sites for hydroxylation is 1. The number of aromatic nitrogens is 1. The number of carbonyl (C=O) groups excluding carboxylic acids is 1. The van der Waals surface area contributed by atoms with E-state index in [1.54, 1.807) is 13.1 Å². The van der Waals surface area contributed by atoms with Gasteiger partial charge in [-0.05, 0) is 24.6 Å². The summed E-state index contributed by atoms with van der Waals surface area (Å²) in [6, 6.07) is 1.88. The Bertz CT molecular complexity index is 388. The fourth-order valence-electron chi connectivity index (χ4n) is 1.11. The number of hydrogen-bond donors (Lipinski definition) is 1. The molecule has 0 saturated heterocycles. The summed E-state index contributed by atoms with van der Waals surface area (Å²) in [5.41, 5.74) is 8.19. The normalized spacial score (nSPS) is 10.8. The Morgan fingerprint density at radius 3 is 3.00 bits per heavy atom. The number of thioether (sulfide) groups is 1. The molecule has 0 aromatic carbocycles. The number of nitrogens with two attached hydrogens (primary N) is 1. The Labute approximate surface area is 93.8 Å². The molecule has 1 rings (SSSR count). The van der Waals surface area contributed by atoms with Crippen LogP contribution in [-0.2, 0) is 4.79 Å². The van der Waals surface area contributed by atoms with Crippen LogP contribution in [0, 0.1) is 6.92 Å². The fraction of sp³-hybridized carbons (Fsp3) is 0.273. The second kappa shape index (κ2) is 5.56. The van der Waals surface area contributed by atoms with E-state index < -0.39 is 0 Å². The van der Waals surface area contributed by atoms with E-state index >= 15 is 0 Å². The van der Waals surface area contributed by atoms with E-state index in [1.165, 1.54) is 11.8 Å². The minimum atomic E-state index is 0.127. The van der Waals surface area contributed by atoms with Crippen molar-refractivity contribution in [3.63, 3.8) is 0 Å². The van der Waals surface area contributed by atoms with Gasteiger partial charge in [0.2, 0.25) is 0 Å². The quantitative estimate of drug-likeness (QED) is 0.852. The van der Waals surface area contributed by atoms with E-state index in [0.29, 0.717) is 11.4 Å². The molecule has 15 heavy (non-hydrogen) atoms. The standard InChI is InChI=1S/C11H14N2OS/c1-8-6-10(12)7-13-11(8)4-3-5-15-9(2)14/h3-4,6-7H,5,12H2,1-2H3. The maximum atomic E-state index is 10.7. The van der Waals surface area contributed by atoms with Crippen LogP contribution < -0.4 is 5.73 Å². The zero-order valence-corrected chi connectivity index (χ0v) is 9.67. The van der Waals surface area contributed by atoms with Crippen LogP contribution in [0.4, 0.5) is 5.69 Å². The summed E-state index contributed by atoms with van der Waals surface area (Å²) in [5.74, 6) is 0.681. The summed E-state index contributed by atoms with van der Waals surface area (Å²) in [5, 5.41) is 0.127. The highest BCUT2D eigenvalue weighted by atomic mass is 32.2. The number of pyridine rings is 1. The van der Waals surface area contributed by atoms with Gasteiger partial charge >= 0.3 is 0 Å². The van der Waals surface area contributed by atoms with Gasteiger partial charge in [0.15, 0.2) is 5.12 Å². The van der Waals surface area contributed by atoms with Gasteiger partial charge in [-0.15, -0.1) is 0 Å². The SMILES string of the molecule is CC(=O)SCC=Cc1ncc(N)cc1C. The highest BCUT2D eigenvalue weighted by Gasteiger charge is 1.96. The van der Waals surface area contributed by atoms with Crippen LogP contribution in [0.15, 0.2) is 18.3 Å². The molecule has 0 atom stereocenters. The molecule has 0 bridgehead atoms. The lowest BCUT2D eigenvalue weighted by Gasteiger charge is -1.99. The van der Waals surface area contributed by atoms with Crippen molar-refractivity contribution in [2.24, 2.45) is 0 Å². The maximum Gasteiger partial charge on any atom is 0.186 e. The summed E-state index contributed by atoms with van der Waals surface area (Å²) in [7, 11) is 0. The molecule has 0 radical (unpaired) electrons. The molecular weight excluding hydrogens is 208 g/mol. The van der Waals surface area contributed by atoms with Crippen molar-refractivity contribution in [1.82, 2.24) is 4.98 Å². The van der Waals surface area contributed by atoms with Crippen molar-refractivity contribution in [2.45, 2.75) is 13.8 Å². The average molecular weight is 222 g/mol. The van der Waals surface area contributed by atoms with E-state index in [1.807, 2.05) is 25.1 Å². The number of nitrogen functional groups attached to an aromatic ring is 1. The molecule has 4 heteroatoms. The molecule has 0 spiro atoms. The Morgan fingerprint density at radius 2 is 2.40 bits per heavy atom. The maximum absolute atomic E-state index is 10.7. The first kappa shape index (κ1) is 11.8. The predicted molar refractivity (Wildman–Crippen MR) is 65.6 cm³/mol. The van der Waals surface area contributed by atoms with E-state index in [-0.39, 0.29) is 5.12 Å². The lowest BCUT2D eigenvalue weighted by Crippen LogP contribution is -1.91. The summed E-state index contributed by atoms with van der Waals surface area (Å²) < 4.78 is 0. The van der Waals surface area contributed by atoms with Gasteiger partial charge in [0.1, 0.15) is 0 Å². The fourth-order valence-corrected chi connectivity index (χ4v) is 1.53. The summed E-state index contributed by atoms with van der Waals surface area (Å²) in [4.78, 5) is 14.9. The number of rotatable bonds is 3. The smallest absolute Gasteiger partial charge is 0.186 e. The summed E-state index contributed by atoms with van der Waals surface area (Å²) >= 11 is 1.28. The first-order chi connectivity index (χ1) is 7.09. The number of anilines is 1. The number of hydrogen-bond acceptors (Lipinski definition) is 4. The highest BCUT2D eigenvalue weighted by molar-refractivity contribution is 8.13. The van der Waals surface area contributed by atoms with E-state index in [2.05, 4.69) is 4.98 Å². The zero-order chi connectivity index (χ0) is 11.3. The molecule has 2 N–H and O–H groups in total. The van der Waals surface area contributed by atoms with Crippen LogP contribution in [0.1, 0.15) is 18.2 Å². The molecule has 80 valence electrons. The van der Waals surface area contributed by atoms with Crippen molar-refractivity contribution < 1.29 is 4.79 Å². The molecule has 0 aliphatic rings. The molecule has 0 saturated carbocycles. The Balaban J connectivity index is 2.60. The molecule has 1 heterocycles. The third-order valence-electron chi connectivity index (χ3n) is 1.80. The highest BCUT2D eigenvalue weighted by Crippen LogP contribution is 2.11. The van der Waals surface area contributed by atoms with Crippen molar-refractivity contribution in [3.8, 4) is 0 Å². The molecular formula is C11H14N2OS. The minimum absolute atomic E-state index is 0.127. The van der Waals surface area contributed by atoms with Crippen LogP contribution in [0.2, 0.25) is 0 Å². The summed E-state index contributed by atoms with van der Waals surface area (Å²) in [6.07, 6.45) is 5.47. The van der Waals surface area contributed by atoms with Crippen molar-refractivity contribution >= 4 is 28.6 Å². The van der Waals surface area contributed by atoms with Crippen LogP contribution in [0.25, 0.3) is 6.08 Å². The van der Waals surface area contributed by atoms with E-state index in [0.717, 1.165) is 11.3 Å². The van der Waals surface area contributed by atoms with Gasteiger partial charge in [-0.3, -0.25) is 9.78 Å². The largest absolute Gasteiger partial charge is 0.397 e. The van der Waals surface area contributed by atoms with Crippen molar-refractivity contribution in [1.29, 1.82) is 0 Å². The van der Waals surface area contributed by atoms with E-state index in [9.17, 15) is 4.79 Å². The first-order valence-corrected chi connectivity index (χ1v) is 5.60. The van der Waals surface area contributed by atoms with Gasteiger partial charge in [-0.2, -0.15) is 0 Å². The third kappa shape index (κ3) is 4.16. The molecule has 0 amide bonds. The van der Waals surface area contributed by atoms with Crippen LogP contribution in [0.5, 0.6) is 0 Å². The molecule has 1 aromatic rings. The van der Waals surface area contributed by atoms with Gasteiger partial charge in [-0.25, -0.2) is 0 Å². The van der Waals surface area contributed by atoms with Crippen LogP contribution in [0.3, 0.4) is 0 Å². The molecule has 0 unspecified atom stereocenters. The molecule has 0 fully saturated rings. The Morgan fingerprint density at radius 1 is 1.67 bits per heavy atom. The first-order valence-electron chi connectivity index (χ1n) is 4.61. The van der Waals surface area contributed by atoms with Gasteiger partial charge in [-0.1, -0.05) is 17.8 Å². The lowest BCUT2D eigenvalue weighted by molar-refractivity contribution is -0.109. The average Bonchev–Trinajstić information content (AvgIpc) is 2.14. The second-order valence-electron chi connectivity index (χ2n) is 3.18. The topological polar surface area (TPSA) is 56.0 Å².